The smallest absolute Gasteiger partial charge is 0.246 e. The molecule has 1 rings (SSSR count). The van der Waals surface area contributed by atoms with Crippen molar-refractivity contribution in [1.82, 2.24) is 10.2 Å². The second-order valence-corrected chi connectivity index (χ2v) is 6.02. The van der Waals surface area contributed by atoms with E-state index in [0.717, 1.165) is 12.8 Å². The Labute approximate surface area is 110 Å². The summed E-state index contributed by atoms with van der Waals surface area (Å²) >= 11 is 0. The van der Waals surface area contributed by atoms with Gasteiger partial charge in [0.15, 0.2) is 0 Å². The van der Waals surface area contributed by atoms with Gasteiger partial charge in [-0.1, -0.05) is 20.8 Å². The van der Waals surface area contributed by atoms with Gasteiger partial charge in [-0.15, -0.1) is 0 Å². The number of rotatable bonds is 5. The molecule has 2 amide bonds. The highest BCUT2D eigenvalue weighted by atomic mass is 16.2. The van der Waals surface area contributed by atoms with E-state index in [4.69, 9.17) is 0 Å². The summed E-state index contributed by atoms with van der Waals surface area (Å²) in [7, 11) is 0. The minimum atomic E-state index is -0.722. The number of nitrogens with one attached hydrogen (secondary N) is 1. The topological polar surface area (TPSA) is 49.4 Å². The lowest BCUT2D eigenvalue weighted by molar-refractivity contribution is -0.155. The quantitative estimate of drug-likeness (QED) is 0.815. The molecule has 0 aromatic carbocycles. The first kappa shape index (κ1) is 15.0. The summed E-state index contributed by atoms with van der Waals surface area (Å²) in [4.78, 5) is 26.1. The lowest BCUT2D eigenvalue weighted by Gasteiger charge is -2.44. The van der Waals surface area contributed by atoms with E-state index in [1.54, 1.807) is 4.90 Å². The van der Waals surface area contributed by atoms with Gasteiger partial charge in [-0.05, 0) is 39.0 Å². The van der Waals surface area contributed by atoms with E-state index in [9.17, 15) is 9.59 Å². The number of nitrogens with zero attached hydrogens (tertiary/aromatic N) is 1. The number of carbonyl (C=O) groups is 2. The Morgan fingerprint density at radius 1 is 1.33 bits per heavy atom. The molecule has 0 saturated carbocycles. The van der Waals surface area contributed by atoms with Crippen molar-refractivity contribution in [2.24, 2.45) is 5.92 Å². The predicted octanol–water partition coefficient (Wildman–Crippen LogP) is 1.94. The molecule has 0 aromatic rings. The zero-order valence-corrected chi connectivity index (χ0v) is 12.2. The Bertz CT molecular complexity index is 324. The van der Waals surface area contributed by atoms with Gasteiger partial charge in [0, 0.05) is 6.54 Å². The minimum absolute atomic E-state index is 0.0431. The second-order valence-electron chi connectivity index (χ2n) is 6.02. The summed E-state index contributed by atoms with van der Waals surface area (Å²) in [6.07, 6.45) is 2.69. The standard InChI is InChI=1S/C14H26N2O2/c1-6-11-12(17)16(9-7-8-10(2)3)14(4,5)13(18)15-11/h10-11H,6-9H2,1-5H3,(H,15,18). The van der Waals surface area contributed by atoms with Gasteiger partial charge in [0.1, 0.15) is 11.6 Å². The fourth-order valence-electron chi connectivity index (χ4n) is 2.31. The monoisotopic (exact) mass is 254 g/mol. The van der Waals surface area contributed by atoms with E-state index in [2.05, 4.69) is 19.2 Å². The average Bonchev–Trinajstić information content (AvgIpc) is 2.28. The molecule has 1 unspecified atom stereocenters. The molecule has 4 nitrogen and oxygen atoms in total. The Kier molecular flexibility index (Phi) is 4.77. The van der Waals surface area contributed by atoms with E-state index >= 15 is 0 Å². The number of carbonyl (C=O) groups excluding carboxylic acids is 2. The van der Waals surface area contributed by atoms with Crippen LogP contribution in [-0.4, -0.2) is 34.8 Å². The van der Waals surface area contributed by atoms with E-state index in [-0.39, 0.29) is 17.9 Å². The SMILES string of the molecule is CCC1NC(=O)C(C)(C)N(CCCC(C)C)C1=O. The zero-order valence-electron chi connectivity index (χ0n) is 12.2. The molecule has 1 aliphatic heterocycles. The van der Waals surface area contributed by atoms with E-state index < -0.39 is 5.54 Å². The van der Waals surface area contributed by atoms with Crippen molar-refractivity contribution in [2.45, 2.75) is 65.5 Å². The molecule has 1 heterocycles. The molecular formula is C14H26N2O2. The van der Waals surface area contributed by atoms with E-state index in [1.165, 1.54) is 0 Å². The average molecular weight is 254 g/mol. The minimum Gasteiger partial charge on any atom is -0.342 e. The largest absolute Gasteiger partial charge is 0.342 e. The van der Waals surface area contributed by atoms with Crippen LogP contribution in [0.5, 0.6) is 0 Å². The van der Waals surface area contributed by atoms with Gasteiger partial charge < -0.3 is 10.2 Å². The summed E-state index contributed by atoms with van der Waals surface area (Å²) in [5.41, 5.74) is -0.722. The summed E-state index contributed by atoms with van der Waals surface area (Å²) in [5.74, 6) is 0.646. The van der Waals surface area contributed by atoms with E-state index in [1.807, 2.05) is 20.8 Å². The van der Waals surface area contributed by atoms with Crippen LogP contribution in [0.25, 0.3) is 0 Å². The molecule has 1 N–H and O–H groups in total. The molecule has 0 aliphatic carbocycles. The summed E-state index contributed by atoms with van der Waals surface area (Å²) in [6.45, 7) is 10.6. The molecule has 104 valence electrons. The fraction of sp³-hybridized carbons (Fsp3) is 0.857. The third kappa shape index (κ3) is 3.03. The lowest BCUT2D eigenvalue weighted by Crippen LogP contribution is -2.68. The first-order chi connectivity index (χ1) is 8.30. The maximum absolute atomic E-state index is 12.3. The number of hydrogen-bond donors (Lipinski definition) is 1. The molecule has 18 heavy (non-hydrogen) atoms. The summed E-state index contributed by atoms with van der Waals surface area (Å²) < 4.78 is 0. The van der Waals surface area contributed by atoms with Crippen LogP contribution >= 0.6 is 0 Å². The third-order valence-corrected chi connectivity index (χ3v) is 3.67. The van der Waals surface area contributed by atoms with Gasteiger partial charge in [-0.2, -0.15) is 0 Å². The zero-order chi connectivity index (χ0) is 13.9. The van der Waals surface area contributed by atoms with Crippen molar-refractivity contribution in [3.05, 3.63) is 0 Å². The van der Waals surface area contributed by atoms with Crippen LogP contribution in [0.15, 0.2) is 0 Å². The normalized spacial score (nSPS) is 23.4. The van der Waals surface area contributed by atoms with E-state index in [0.29, 0.717) is 18.9 Å². The Morgan fingerprint density at radius 2 is 1.94 bits per heavy atom. The van der Waals surface area contributed by atoms with Crippen LogP contribution in [0.2, 0.25) is 0 Å². The molecule has 1 atom stereocenters. The lowest BCUT2D eigenvalue weighted by atomic mass is 9.94. The highest BCUT2D eigenvalue weighted by Gasteiger charge is 2.45. The van der Waals surface area contributed by atoms with Gasteiger partial charge in [-0.3, -0.25) is 9.59 Å². The highest BCUT2D eigenvalue weighted by Crippen LogP contribution is 2.23. The van der Waals surface area contributed by atoms with Gasteiger partial charge in [0.2, 0.25) is 11.8 Å². The van der Waals surface area contributed by atoms with Crippen LogP contribution in [0.1, 0.15) is 53.9 Å². The van der Waals surface area contributed by atoms with Crippen molar-refractivity contribution in [3.8, 4) is 0 Å². The number of hydrogen-bond acceptors (Lipinski definition) is 2. The van der Waals surface area contributed by atoms with Crippen LogP contribution in [-0.2, 0) is 9.59 Å². The van der Waals surface area contributed by atoms with Gasteiger partial charge in [0.05, 0.1) is 0 Å². The van der Waals surface area contributed by atoms with Crippen molar-refractivity contribution >= 4 is 11.8 Å². The Morgan fingerprint density at radius 3 is 2.44 bits per heavy atom. The molecule has 1 fully saturated rings. The van der Waals surface area contributed by atoms with Gasteiger partial charge in [-0.25, -0.2) is 0 Å². The molecule has 4 heteroatoms. The predicted molar refractivity (Wildman–Crippen MR) is 72.1 cm³/mol. The van der Waals surface area contributed by atoms with Crippen molar-refractivity contribution < 1.29 is 9.59 Å². The maximum Gasteiger partial charge on any atom is 0.246 e. The van der Waals surface area contributed by atoms with Crippen molar-refractivity contribution in [2.75, 3.05) is 6.54 Å². The van der Waals surface area contributed by atoms with Crippen LogP contribution in [0.4, 0.5) is 0 Å². The number of amides is 2. The molecule has 0 aromatic heterocycles. The van der Waals surface area contributed by atoms with Crippen molar-refractivity contribution in [1.29, 1.82) is 0 Å². The maximum atomic E-state index is 12.3. The summed E-state index contributed by atoms with van der Waals surface area (Å²) in [6, 6.07) is -0.343. The highest BCUT2D eigenvalue weighted by molar-refractivity contribution is 5.99. The molecule has 1 saturated heterocycles. The molecular weight excluding hydrogens is 228 g/mol. The van der Waals surface area contributed by atoms with Crippen LogP contribution in [0, 0.1) is 5.92 Å². The molecule has 0 radical (unpaired) electrons. The first-order valence-corrected chi connectivity index (χ1v) is 6.93. The first-order valence-electron chi connectivity index (χ1n) is 6.93. The van der Waals surface area contributed by atoms with Crippen molar-refractivity contribution in [3.63, 3.8) is 0 Å². The second kappa shape index (κ2) is 5.72. The third-order valence-electron chi connectivity index (χ3n) is 3.67. The van der Waals surface area contributed by atoms with Gasteiger partial charge >= 0.3 is 0 Å². The summed E-state index contributed by atoms with van der Waals surface area (Å²) in [5, 5.41) is 2.81. The Balaban J connectivity index is 2.75. The molecule has 0 bridgehead atoms. The number of piperazine rings is 1. The Hall–Kier alpha value is -1.06. The fourth-order valence-corrected chi connectivity index (χ4v) is 2.31. The molecule has 1 aliphatic rings. The van der Waals surface area contributed by atoms with Crippen LogP contribution in [0.3, 0.4) is 0 Å². The molecule has 0 spiro atoms. The van der Waals surface area contributed by atoms with Crippen LogP contribution < -0.4 is 5.32 Å². The van der Waals surface area contributed by atoms with Gasteiger partial charge in [0.25, 0.3) is 0 Å².